The third kappa shape index (κ3) is 3.25. The van der Waals surface area contributed by atoms with E-state index in [0.717, 1.165) is 11.3 Å². The number of hydrogen-bond donors (Lipinski definition) is 1. The molecule has 1 N–H and O–H groups in total. The van der Waals surface area contributed by atoms with Crippen LogP contribution in [0.4, 0.5) is 0 Å². The first-order valence-electron chi connectivity index (χ1n) is 8.24. The van der Waals surface area contributed by atoms with E-state index in [0.29, 0.717) is 0 Å². The quantitative estimate of drug-likeness (QED) is 0.725. The molecule has 144 valence electrons. The Kier molecular flexibility index (Phi) is 5.85. The van der Waals surface area contributed by atoms with Gasteiger partial charge in [-0.1, -0.05) is 12.1 Å². The van der Waals surface area contributed by atoms with Gasteiger partial charge in [-0.3, -0.25) is 19.4 Å². The molecule has 8 nitrogen and oxygen atoms in total. The molecule has 3 rings (SSSR count). The average Bonchev–Trinajstić information content (AvgIpc) is 2.71. The summed E-state index contributed by atoms with van der Waals surface area (Å²) in [5.41, 5.74) is 1.25. The standard InChI is InChI=1S/C16H24N2O6P2/c1-21-25(19,22-2)14-10-15(26(20,23-3)24-4)18-13-8-7-12-11(16(13)14)6-5-9-17-12/h5-9,13-16,18H,10H2,1-4H3. The number of rotatable bonds is 6. The van der Waals surface area contributed by atoms with E-state index in [-0.39, 0.29) is 18.4 Å². The van der Waals surface area contributed by atoms with Crippen LogP contribution in [0.5, 0.6) is 0 Å². The highest BCUT2D eigenvalue weighted by Crippen LogP contribution is 2.64. The normalized spacial score (nSPS) is 28.5. The van der Waals surface area contributed by atoms with Crippen molar-refractivity contribution in [2.24, 2.45) is 0 Å². The molecule has 2 heterocycles. The summed E-state index contributed by atoms with van der Waals surface area (Å²) in [4.78, 5) is 4.39. The molecule has 1 aromatic heterocycles. The Morgan fingerprint density at radius 1 is 1.08 bits per heavy atom. The molecule has 10 heteroatoms. The zero-order chi connectivity index (χ0) is 18.9. The molecule has 0 saturated carbocycles. The number of hydrogen-bond acceptors (Lipinski definition) is 8. The van der Waals surface area contributed by atoms with E-state index in [1.54, 1.807) is 6.20 Å². The number of nitrogens with one attached hydrogen (secondary N) is 1. The first-order chi connectivity index (χ1) is 12.4. The Morgan fingerprint density at radius 3 is 2.35 bits per heavy atom. The van der Waals surface area contributed by atoms with Gasteiger partial charge in [-0.05, 0) is 24.1 Å². The zero-order valence-corrected chi connectivity index (χ0v) is 17.0. The summed E-state index contributed by atoms with van der Waals surface area (Å²) in [6.07, 6.45) is 5.80. The van der Waals surface area contributed by atoms with Crippen LogP contribution in [-0.2, 0) is 27.2 Å². The van der Waals surface area contributed by atoms with Crippen LogP contribution in [-0.4, -0.2) is 50.9 Å². The molecule has 0 spiro atoms. The highest BCUT2D eigenvalue weighted by Gasteiger charge is 2.53. The third-order valence-corrected chi connectivity index (χ3v) is 9.65. The minimum absolute atomic E-state index is 0.201. The van der Waals surface area contributed by atoms with Gasteiger partial charge in [-0.2, -0.15) is 0 Å². The number of aromatic nitrogens is 1. The molecule has 26 heavy (non-hydrogen) atoms. The number of pyridine rings is 1. The van der Waals surface area contributed by atoms with E-state index in [1.165, 1.54) is 28.4 Å². The van der Waals surface area contributed by atoms with Crippen LogP contribution in [0.25, 0.3) is 6.08 Å². The van der Waals surface area contributed by atoms with E-state index < -0.39 is 26.6 Å². The zero-order valence-electron chi connectivity index (χ0n) is 15.2. The molecule has 1 fully saturated rings. The molecule has 4 unspecified atom stereocenters. The summed E-state index contributed by atoms with van der Waals surface area (Å²) in [5.74, 6) is -0.835. The lowest BCUT2D eigenvalue weighted by molar-refractivity contribution is 0.218. The van der Waals surface area contributed by atoms with Crippen molar-refractivity contribution >= 4 is 21.3 Å². The SMILES string of the molecule is COP(=O)(OC)C1CC(P(=O)(OC)OC)C2c3cccnc3C=CC2N1. The summed E-state index contributed by atoms with van der Waals surface area (Å²) in [7, 11) is -1.47. The van der Waals surface area contributed by atoms with Crippen LogP contribution in [0, 0.1) is 0 Å². The van der Waals surface area contributed by atoms with Crippen molar-refractivity contribution < 1.29 is 27.2 Å². The fourth-order valence-corrected chi connectivity index (χ4v) is 7.41. The highest BCUT2D eigenvalue weighted by atomic mass is 31.2. The minimum Gasteiger partial charge on any atom is -0.312 e. The van der Waals surface area contributed by atoms with E-state index in [2.05, 4.69) is 10.3 Å². The second-order valence-corrected chi connectivity index (χ2v) is 11.1. The monoisotopic (exact) mass is 402 g/mol. The smallest absolute Gasteiger partial charge is 0.312 e. The second-order valence-electron chi connectivity index (χ2n) is 6.18. The molecular formula is C16H24N2O6P2. The molecule has 0 radical (unpaired) electrons. The summed E-state index contributed by atoms with van der Waals surface area (Å²) >= 11 is 0. The van der Waals surface area contributed by atoms with Crippen LogP contribution in [0.2, 0.25) is 0 Å². The average molecular weight is 402 g/mol. The van der Waals surface area contributed by atoms with Gasteiger partial charge < -0.3 is 18.1 Å². The molecule has 4 atom stereocenters. The van der Waals surface area contributed by atoms with E-state index >= 15 is 0 Å². The molecule has 0 amide bonds. The van der Waals surface area contributed by atoms with Gasteiger partial charge in [0.05, 0.1) is 11.4 Å². The Bertz CT molecular complexity index is 770. The predicted molar refractivity (Wildman–Crippen MR) is 98.4 cm³/mol. The molecule has 1 aliphatic heterocycles. The van der Waals surface area contributed by atoms with Gasteiger partial charge in [0.2, 0.25) is 0 Å². The van der Waals surface area contributed by atoms with Gasteiger partial charge in [0.15, 0.2) is 0 Å². The Morgan fingerprint density at radius 2 is 1.73 bits per heavy atom. The van der Waals surface area contributed by atoms with Crippen LogP contribution in [0.15, 0.2) is 24.4 Å². The summed E-state index contributed by atoms with van der Waals surface area (Å²) in [5, 5.41) is 3.33. The van der Waals surface area contributed by atoms with Gasteiger partial charge >= 0.3 is 15.2 Å². The van der Waals surface area contributed by atoms with E-state index in [4.69, 9.17) is 18.1 Å². The molecule has 2 aliphatic rings. The molecule has 1 aromatic rings. The molecule has 1 aliphatic carbocycles. The molecule has 0 aromatic carbocycles. The van der Waals surface area contributed by atoms with Crippen molar-refractivity contribution in [2.75, 3.05) is 28.4 Å². The van der Waals surface area contributed by atoms with Crippen molar-refractivity contribution in [1.29, 1.82) is 0 Å². The fraction of sp³-hybridized carbons (Fsp3) is 0.562. The summed E-state index contributed by atoms with van der Waals surface area (Å²) < 4.78 is 47.2. The molecular weight excluding hydrogens is 378 g/mol. The lowest BCUT2D eigenvalue weighted by Crippen LogP contribution is -2.52. The lowest BCUT2D eigenvalue weighted by atomic mass is 9.80. The van der Waals surface area contributed by atoms with Crippen LogP contribution in [0.3, 0.4) is 0 Å². The maximum atomic E-state index is 13.3. The Labute approximate surface area is 153 Å². The number of fused-ring (bicyclic) bond motifs is 3. The largest absolute Gasteiger partial charge is 0.346 e. The lowest BCUT2D eigenvalue weighted by Gasteiger charge is -2.45. The van der Waals surface area contributed by atoms with Crippen molar-refractivity contribution in [3.8, 4) is 0 Å². The number of nitrogens with zero attached hydrogens (tertiary/aromatic N) is 1. The molecule has 0 bridgehead atoms. The van der Waals surface area contributed by atoms with Gasteiger partial charge in [0, 0.05) is 46.6 Å². The fourth-order valence-electron chi connectivity index (χ4n) is 3.85. The summed E-state index contributed by atoms with van der Waals surface area (Å²) in [6.45, 7) is 0. The van der Waals surface area contributed by atoms with Crippen molar-refractivity contribution in [2.45, 2.75) is 29.8 Å². The first kappa shape index (κ1) is 19.9. The van der Waals surface area contributed by atoms with Gasteiger partial charge in [-0.15, -0.1) is 0 Å². The van der Waals surface area contributed by atoms with E-state index in [1.807, 2.05) is 24.3 Å². The third-order valence-electron chi connectivity index (χ3n) is 5.15. The second kappa shape index (κ2) is 7.64. The van der Waals surface area contributed by atoms with Gasteiger partial charge in [0.25, 0.3) is 0 Å². The van der Waals surface area contributed by atoms with Gasteiger partial charge in [-0.25, -0.2) is 0 Å². The van der Waals surface area contributed by atoms with Gasteiger partial charge in [0.1, 0.15) is 5.78 Å². The topological polar surface area (TPSA) is 96.0 Å². The van der Waals surface area contributed by atoms with Crippen LogP contribution < -0.4 is 5.32 Å². The van der Waals surface area contributed by atoms with Crippen molar-refractivity contribution in [3.05, 3.63) is 35.7 Å². The van der Waals surface area contributed by atoms with Crippen LogP contribution in [0.1, 0.15) is 23.6 Å². The highest BCUT2D eigenvalue weighted by molar-refractivity contribution is 7.55. The molecule has 1 saturated heterocycles. The Hall–Kier alpha value is -0.850. The minimum atomic E-state index is -3.46. The number of piperidine rings is 1. The van der Waals surface area contributed by atoms with Crippen molar-refractivity contribution in [3.63, 3.8) is 0 Å². The Balaban J connectivity index is 2.09. The maximum Gasteiger partial charge on any atom is 0.346 e. The van der Waals surface area contributed by atoms with Crippen molar-refractivity contribution in [1.82, 2.24) is 10.3 Å². The first-order valence-corrected chi connectivity index (χ1v) is 11.5. The predicted octanol–water partition coefficient (Wildman–Crippen LogP) is 3.22. The summed E-state index contributed by atoms with van der Waals surface area (Å²) in [6, 6.07) is 3.57. The van der Waals surface area contributed by atoms with Crippen LogP contribution >= 0.6 is 15.2 Å². The maximum absolute atomic E-state index is 13.3. The van der Waals surface area contributed by atoms with E-state index in [9.17, 15) is 9.13 Å².